The third kappa shape index (κ3) is 4.97. The second-order valence-electron chi connectivity index (χ2n) is 5.68. The van der Waals surface area contributed by atoms with E-state index in [0.29, 0.717) is 12.6 Å². The number of benzene rings is 1. The first-order valence-corrected chi connectivity index (χ1v) is 7.86. The molecule has 0 atom stereocenters. The maximum atomic E-state index is 11.8. The summed E-state index contributed by atoms with van der Waals surface area (Å²) in [5.41, 5.74) is 2.58. The number of nitrogens with one attached hydrogen (secondary N) is 2. The smallest absolute Gasteiger partial charge is 0.234 e. The van der Waals surface area contributed by atoms with Crippen molar-refractivity contribution < 1.29 is 4.79 Å². The molecular weight excluding hydrogens is 248 g/mol. The Bertz CT molecular complexity index is 408. The molecule has 3 nitrogen and oxygen atoms in total. The van der Waals surface area contributed by atoms with E-state index in [0.717, 1.165) is 25.8 Å². The summed E-state index contributed by atoms with van der Waals surface area (Å²) in [4.78, 5) is 11.8. The monoisotopic (exact) mass is 274 g/mol. The highest BCUT2D eigenvalue weighted by Crippen LogP contribution is 2.17. The van der Waals surface area contributed by atoms with Crippen LogP contribution in [0.15, 0.2) is 24.3 Å². The van der Waals surface area contributed by atoms with Crippen molar-refractivity contribution in [2.24, 2.45) is 0 Å². The molecule has 2 rings (SSSR count). The molecule has 110 valence electrons. The van der Waals surface area contributed by atoms with Gasteiger partial charge >= 0.3 is 0 Å². The lowest BCUT2D eigenvalue weighted by Crippen LogP contribution is -2.41. The minimum atomic E-state index is 0.127. The molecule has 0 saturated heterocycles. The lowest BCUT2D eigenvalue weighted by atomic mass is 9.95. The number of amides is 1. The zero-order valence-electron chi connectivity index (χ0n) is 12.5. The summed E-state index contributed by atoms with van der Waals surface area (Å²) in [5.74, 6) is 0.127. The van der Waals surface area contributed by atoms with Crippen molar-refractivity contribution in [2.45, 2.75) is 58.0 Å². The van der Waals surface area contributed by atoms with E-state index in [2.05, 4.69) is 41.8 Å². The summed E-state index contributed by atoms with van der Waals surface area (Å²) in [6.07, 6.45) is 7.18. The Hall–Kier alpha value is -1.35. The van der Waals surface area contributed by atoms with Gasteiger partial charge in [0.2, 0.25) is 5.91 Å². The number of hydrogen-bond donors (Lipinski definition) is 2. The van der Waals surface area contributed by atoms with E-state index in [9.17, 15) is 4.79 Å². The van der Waals surface area contributed by atoms with Gasteiger partial charge in [-0.25, -0.2) is 0 Å². The fraction of sp³-hybridized carbons (Fsp3) is 0.588. The van der Waals surface area contributed by atoms with Crippen molar-refractivity contribution in [1.29, 1.82) is 0 Å². The van der Waals surface area contributed by atoms with E-state index in [4.69, 9.17) is 0 Å². The van der Waals surface area contributed by atoms with E-state index in [1.807, 2.05) is 0 Å². The largest absolute Gasteiger partial charge is 0.352 e. The van der Waals surface area contributed by atoms with E-state index in [1.165, 1.54) is 30.4 Å². The van der Waals surface area contributed by atoms with Gasteiger partial charge in [-0.1, -0.05) is 50.5 Å². The molecule has 1 aliphatic rings. The molecule has 0 spiro atoms. The van der Waals surface area contributed by atoms with Gasteiger partial charge < -0.3 is 10.6 Å². The Morgan fingerprint density at radius 2 is 1.75 bits per heavy atom. The van der Waals surface area contributed by atoms with Crippen molar-refractivity contribution in [3.63, 3.8) is 0 Å². The highest BCUT2D eigenvalue weighted by Gasteiger charge is 2.14. The molecule has 0 unspecified atom stereocenters. The Labute approximate surface area is 122 Å². The summed E-state index contributed by atoms with van der Waals surface area (Å²) in [7, 11) is 0. The zero-order chi connectivity index (χ0) is 14.2. The molecule has 1 amide bonds. The molecule has 20 heavy (non-hydrogen) atoms. The first kappa shape index (κ1) is 15.0. The van der Waals surface area contributed by atoms with Gasteiger partial charge in [-0.05, 0) is 30.4 Å². The summed E-state index contributed by atoms with van der Waals surface area (Å²) >= 11 is 0. The maximum Gasteiger partial charge on any atom is 0.234 e. The quantitative estimate of drug-likeness (QED) is 0.837. The second-order valence-corrected chi connectivity index (χ2v) is 5.68. The predicted octanol–water partition coefficient (Wildman–Crippen LogP) is 2.79. The van der Waals surface area contributed by atoms with Crippen LogP contribution in [-0.2, 0) is 17.8 Å². The average molecular weight is 274 g/mol. The lowest BCUT2D eigenvalue weighted by Gasteiger charge is -2.22. The molecule has 2 N–H and O–H groups in total. The Balaban J connectivity index is 1.65. The van der Waals surface area contributed by atoms with Gasteiger partial charge in [0.05, 0.1) is 6.54 Å². The van der Waals surface area contributed by atoms with Gasteiger partial charge in [0.25, 0.3) is 0 Å². The number of carbonyl (C=O) groups excluding carboxylic acids is 1. The van der Waals surface area contributed by atoms with Crippen molar-refractivity contribution in [1.82, 2.24) is 10.6 Å². The molecule has 0 radical (unpaired) electrons. The predicted molar refractivity (Wildman–Crippen MR) is 82.5 cm³/mol. The number of aryl methyl sites for hydroxylation is 1. The molecule has 0 aliphatic heterocycles. The van der Waals surface area contributed by atoms with E-state index >= 15 is 0 Å². The third-order valence-electron chi connectivity index (χ3n) is 4.02. The third-order valence-corrected chi connectivity index (χ3v) is 4.02. The molecule has 0 heterocycles. The van der Waals surface area contributed by atoms with Crippen LogP contribution in [0.25, 0.3) is 0 Å². The fourth-order valence-corrected chi connectivity index (χ4v) is 2.74. The molecule has 0 bridgehead atoms. The number of rotatable bonds is 6. The van der Waals surface area contributed by atoms with Crippen LogP contribution < -0.4 is 10.6 Å². The van der Waals surface area contributed by atoms with E-state index in [1.54, 1.807) is 0 Å². The molecule has 1 aliphatic carbocycles. The van der Waals surface area contributed by atoms with Crippen LogP contribution >= 0.6 is 0 Å². The van der Waals surface area contributed by atoms with Crippen LogP contribution in [0.5, 0.6) is 0 Å². The van der Waals surface area contributed by atoms with Crippen LogP contribution in [0.4, 0.5) is 0 Å². The standard InChI is InChI=1S/C17H26N2O/c1-2-14-8-10-15(11-9-14)12-18-13-17(20)19-16-6-4-3-5-7-16/h8-11,16,18H,2-7,12-13H2,1H3,(H,19,20). The fourth-order valence-electron chi connectivity index (χ4n) is 2.74. The van der Waals surface area contributed by atoms with Gasteiger partial charge in [-0.2, -0.15) is 0 Å². The lowest BCUT2D eigenvalue weighted by molar-refractivity contribution is -0.121. The molecule has 1 fully saturated rings. The highest BCUT2D eigenvalue weighted by molar-refractivity contribution is 5.78. The number of hydrogen-bond acceptors (Lipinski definition) is 2. The van der Waals surface area contributed by atoms with Gasteiger partial charge in [0.15, 0.2) is 0 Å². The minimum absolute atomic E-state index is 0.127. The molecule has 1 aromatic rings. The summed E-state index contributed by atoms with van der Waals surface area (Å²) in [6.45, 7) is 3.32. The topological polar surface area (TPSA) is 41.1 Å². The normalized spacial score (nSPS) is 16.1. The van der Waals surface area contributed by atoms with Crippen LogP contribution in [0.3, 0.4) is 0 Å². The van der Waals surface area contributed by atoms with Crippen molar-refractivity contribution in [2.75, 3.05) is 6.54 Å². The van der Waals surface area contributed by atoms with Crippen LogP contribution in [0.2, 0.25) is 0 Å². The molecular formula is C17H26N2O. The van der Waals surface area contributed by atoms with Crippen molar-refractivity contribution in [3.05, 3.63) is 35.4 Å². The van der Waals surface area contributed by atoms with Crippen LogP contribution in [0.1, 0.15) is 50.2 Å². The second kappa shape index (κ2) is 8.05. The summed E-state index contributed by atoms with van der Waals surface area (Å²) in [5, 5.41) is 6.34. The van der Waals surface area contributed by atoms with Gasteiger partial charge in [0.1, 0.15) is 0 Å². The van der Waals surface area contributed by atoms with Crippen LogP contribution in [0, 0.1) is 0 Å². The van der Waals surface area contributed by atoms with Crippen molar-refractivity contribution in [3.8, 4) is 0 Å². The SMILES string of the molecule is CCc1ccc(CNCC(=O)NC2CCCCC2)cc1. The van der Waals surface area contributed by atoms with E-state index < -0.39 is 0 Å². The van der Waals surface area contributed by atoms with Gasteiger partial charge in [0, 0.05) is 12.6 Å². The van der Waals surface area contributed by atoms with Crippen LogP contribution in [-0.4, -0.2) is 18.5 Å². The molecule has 0 aromatic heterocycles. The molecule has 1 saturated carbocycles. The Kier molecular flexibility index (Phi) is 6.06. The Morgan fingerprint density at radius 1 is 1.10 bits per heavy atom. The minimum Gasteiger partial charge on any atom is -0.352 e. The maximum absolute atomic E-state index is 11.8. The zero-order valence-corrected chi connectivity index (χ0v) is 12.5. The van der Waals surface area contributed by atoms with Crippen molar-refractivity contribution >= 4 is 5.91 Å². The summed E-state index contributed by atoms with van der Waals surface area (Å²) in [6, 6.07) is 8.97. The Morgan fingerprint density at radius 3 is 2.40 bits per heavy atom. The highest BCUT2D eigenvalue weighted by atomic mass is 16.1. The molecule has 1 aromatic carbocycles. The van der Waals surface area contributed by atoms with Gasteiger partial charge in [-0.15, -0.1) is 0 Å². The average Bonchev–Trinajstić information content (AvgIpc) is 2.49. The first-order valence-electron chi connectivity index (χ1n) is 7.86. The van der Waals surface area contributed by atoms with Gasteiger partial charge in [-0.3, -0.25) is 4.79 Å². The molecule has 3 heteroatoms. The first-order chi connectivity index (χ1) is 9.78. The van der Waals surface area contributed by atoms with E-state index in [-0.39, 0.29) is 5.91 Å². The number of carbonyl (C=O) groups is 1. The summed E-state index contributed by atoms with van der Waals surface area (Å²) < 4.78 is 0.